The fourth-order valence-electron chi connectivity index (χ4n) is 1.68. The summed E-state index contributed by atoms with van der Waals surface area (Å²) >= 11 is 1.82. The molecule has 15 heavy (non-hydrogen) atoms. The van der Waals surface area contributed by atoms with Gasteiger partial charge in [0, 0.05) is 11.3 Å². The van der Waals surface area contributed by atoms with E-state index < -0.39 is 5.97 Å². The standard InChI is InChI=1S/C9H16N2O3S/c1-15-7-3-2-6(4-7)11-9(14)10-5-8(12)13/h6-7H,2-5H2,1H3,(H,12,13)(H2,10,11,14). The van der Waals surface area contributed by atoms with Crippen LogP contribution in [0.25, 0.3) is 0 Å². The van der Waals surface area contributed by atoms with Crippen LogP contribution in [0.4, 0.5) is 4.79 Å². The number of urea groups is 1. The predicted molar refractivity (Wildman–Crippen MR) is 59.1 cm³/mol. The Labute approximate surface area is 93.0 Å². The minimum atomic E-state index is -1.03. The summed E-state index contributed by atoms with van der Waals surface area (Å²) in [6.07, 6.45) is 5.14. The van der Waals surface area contributed by atoms with Crippen molar-refractivity contribution in [3.8, 4) is 0 Å². The Bertz CT molecular complexity index is 248. The van der Waals surface area contributed by atoms with E-state index in [2.05, 4.69) is 16.9 Å². The summed E-state index contributed by atoms with van der Waals surface area (Å²) in [6, 6.07) is -0.194. The molecule has 3 N–H and O–H groups in total. The summed E-state index contributed by atoms with van der Waals surface area (Å²) in [5, 5.41) is 14.0. The number of carboxylic acid groups (broad SMARTS) is 1. The number of hydrogen-bond donors (Lipinski definition) is 3. The molecule has 6 heteroatoms. The van der Waals surface area contributed by atoms with Crippen molar-refractivity contribution in [2.45, 2.75) is 30.6 Å². The zero-order chi connectivity index (χ0) is 11.3. The van der Waals surface area contributed by atoms with Gasteiger partial charge >= 0.3 is 12.0 Å². The Morgan fingerprint density at radius 2 is 2.20 bits per heavy atom. The maximum Gasteiger partial charge on any atom is 0.323 e. The van der Waals surface area contributed by atoms with Gasteiger partial charge in [0.1, 0.15) is 6.54 Å². The molecule has 0 spiro atoms. The molecule has 0 aromatic heterocycles. The molecule has 0 saturated heterocycles. The van der Waals surface area contributed by atoms with E-state index in [1.807, 2.05) is 11.8 Å². The number of hydrogen-bond acceptors (Lipinski definition) is 3. The molecule has 0 aromatic carbocycles. The first-order valence-corrected chi connectivity index (χ1v) is 6.19. The third-order valence-corrected chi connectivity index (χ3v) is 3.55. The number of carboxylic acids is 1. The zero-order valence-corrected chi connectivity index (χ0v) is 9.47. The number of nitrogens with one attached hydrogen (secondary N) is 2. The van der Waals surface area contributed by atoms with E-state index in [-0.39, 0.29) is 18.6 Å². The molecule has 1 aliphatic rings. The second-order valence-corrected chi connectivity index (χ2v) is 4.73. The Morgan fingerprint density at radius 3 is 2.73 bits per heavy atom. The van der Waals surface area contributed by atoms with Crippen molar-refractivity contribution in [3.05, 3.63) is 0 Å². The second-order valence-electron chi connectivity index (χ2n) is 3.59. The van der Waals surface area contributed by atoms with Gasteiger partial charge in [-0.15, -0.1) is 0 Å². The third-order valence-electron chi connectivity index (χ3n) is 2.45. The van der Waals surface area contributed by atoms with Crippen molar-refractivity contribution in [1.82, 2.24) is 10.6 Å². The molecular weight excluding hydrogens is 216 g/mol. The number of aliphatic carboxylic acids is 1. The Morgan fingerprint density at radius 1 is 1.47 bits per heavy atom. The summed E-state index contributed by atoms with van der Waals surface area (Å²) in [5.74, 6) is -1.03. The van der Waals surface area contributed by atoms with Crippen molar-refractivity contribution in [3.63, 3.8) is 0 Å². The Hall–Kier alpha value is -0.910. The van der Waals surface area contributed by atoms with Gasteiger partial charge in [0.15, 0.2) is 0 Å². The van der Waals surface area contributed by atoms with E-state index in [0.717, 1.165) is 19.3 Å². The van der Waals surface area contributed by atoms with Crippen LogP contribution in [0.3, 0.4) is 0 Å². The van der Waals surface area contributed by atoms with Crippen LogP contribution < -0.4 is 10.6 Å². The molecule has 5 nitrogen and oxygen atoms in total. The van der Waals surface area contributed by atoms with Crippen LogP contribution >= 0.6 is 11.8 Å². The molecule has 1 rings (SSSR count). The fraction of sp³-hybridized carbons (Fsp3) is 0.778. The van der Waals surface area contributed by atoms with Crippen LogP contribution in [0.2, 0.25) is 0 Å². The molecule has 1 fully saturated rings. The zero-order valence-electron chi connectivity index (χ0n) is 8.66. The quantitative estimate of drug-likeness (QED) is 0.665. The smallest absolute Gasteiger partial charge is 0.323 e. The summed E-state index contributed by atoms with van der Waals surface area (Å²) in [4.78, 5) is 21.4. The SMILES string of the molecule is CSC1CCC(NC(=O)NCC(=O)O)C1. The minimum absolute atomic E-state index is 0.191. The Kier molecular flexibility index (Phi) is 4.74. The van der Waals surface area contributed by atoms with Gasteiger partial charge in [0.25, 0.3) is 0 Å². The number of rotatable bonds is 4. The maximum atomic E-state index is 11.2. The summed E-state index contributed by atoms with van der Waals surface area (Å²) in [7, 11) is 0. The first-order chi connectivity index (χ1) is 7.11. The topological polar surface area (TPSA) is 78.4 Å². The molecule has 0 radical (unpaired) electrons. The highest BCUT2D eigenvalue weighted by atomic mass is 32.2. The molecule has 0 aliphatic heterocycles. The van der Waals surface area contributed by atoms with Crippen molar-refractivity contribution < 1.29 is 14.7 Å². The van der Waals surface area contributed by atoms with Crippen molar-refractivity contribution >= 4 is 23.8 Å². The highest BCUT2D eigenvalue weighted by molar-refractivity contribution is 7.99. The van der Waals surface area contributed by atoms with E-state index >= 15 is 0 Å². The van der Waals surface area contributed by atoms with Crippen LogP contribution in [0.5, 0.6) is 0 Å². The molecule has 1 aliphatic carbocycles. The van der Waals surface area contributed by atoms with Gasteiger partial charge in [-0.05, 0) is 25.5 Å². The molecule has 86 valence electrons. The number of carbonyl (C=O) groups is 2. The first kappa shape index (κ1) is 12.2. The van der Waals surface area contributed by atoms with E-state index in [9.17, 15) is 9.59 Å². The van der Waals surface area contributed by atoms with Gasteiger partial charge in [-0.3, -0.25) is 4.79 Å². The molecule has 0 heterocycles. The van der Waals surface area contributed by atoms with Gasteiger partial charge in [0.2, 0.25) is 0 Å². The number of amides is 2. The normalized spacial score (nSPS) is 24.9. The number of carbonyl (C=O) groups excluding carboxylic acids is 1. The highest BCUT2D eigenvalue weighted by Crippen LogP contribution is 2.27. The lowest BCUT2D eigenvalue weighted by Crippen LogP contribution is -2.42. The molecule has 2 unspecified atom stereocenters. The van der Waals surface area contributed by atoms with Gasteiger partial charge < -0.3 is 15.7 Å². The van der Waals surface area contributed by atoms with E-state index in [1.165, 1.54) is 0 Å². The molecule has 1 saturated carbocycles. The van der Waals surface area contributed by atoms with Crippen molar-refractivity contribution in [1.29, 1.82) is 0 Å². The van der Waals surface area contributed by atoms with Crippen molar-refractivity contribution in [2.24, 2.45) is 0 Å². The average Bonchev–Trinajstić information content (AvgIpc) is 2.62. The molecule has 0 aromatic rings. The lowest BCUT2D eigenvalue weighted by atomic mass is 10.2. The second kappa shape index (κ2) is 5.85. The molecule has 2 atom stereocenters. The van der Waals surface area contributed by atoms with Crippen LogP contribution in [-0.2, 0) is 4.79 Å². The van der Waals surface area contributed by atoms with Crippen molar-refractivity contribution in [2.75, 3.05) is 12.8 Å². The van der Waals surface area contributed by atoms with Crippen LogP contribution in [0, 0.1) is 0 Å². The predicted octanol–water partition coefficient (Wildman–Crippen LogP) is 0.654. The van der Waals surface area contributed by atoms with E-state index in [4.69, 9.17) is 5.11 Å². The summed E-state index contributed by atoms with van der Waals surface area (Å²) in [5.41, 5.74) is 0. The van der Waals surface area contributed by atoms with E-state index in [0.29, 0.717) is 5.25 Å². The van der Waals surface area contributed by atoms with Gasteiger partial charge in [-0.2, -0.15) is 11.8 Å². The molecule has 2 amide bonds. The molecular formula is C9H16N2O3S. The number of thioether (sulfide) groups is 1. The fourth-order valence-corrected chi connectivity index (χ4v) is 2.47. The van der Waals surface area contributed by atoms with Gasteiger partial charge in [-0.25, -0.2) is 4.79 Å². The highest BCUT2D eigenvalue weighted by Gasteiger charge is 2.24. The van der Waals surface area contributed by atoms with Gasteiger partial charge in [0.05, 0.1) is 0 Å². The van der Waals surface area contributed by atoms with Crippen LogP contribution in [0.15, 0.2) is 0 Å². The summed E-state index contributed by atoms with van der Waals surface area (Å²) in [6.45, 7) is -0.329. The monoisotopic (exact) mass is 232 g/mol. The largest absolute Gasteiger partial charge is 0.480 e. The summed E-state index contributed by atoms with van der Waals surface area (Å²) < 4.78 is 0. The van der Waals surface area contributed by atoms with Gasteiger partial charge in [-0.1, -0.05) is 0 Å². The minimum Gasteiger partial charge on any atom is -0.480 e. The Balaban J connectivity index is 2.18. The third kappa shape index (κ3) is 4.42. The van der Waals surface area contributed by atoms with E-state index in [1.54, 1.807) is 0 Å². The lowest BCUT2D eigenvalue weighted by Gasteiger charge is -2.12. The average molecular weight is 232 g/mol. The maximum absolute atomic E-state index is 11.2. The lowest BCUT2D eigenvalue weighted by molar-refractivity contribution is -0.135. The first-order valence-electron chi connectivity index (χ1n) is 4.90. The molecule has 0 bridgehead atoms. The van der Waals surface area contributed by atoms with Crippen LogP contribution in [0.1, 0.15) is 19.3 Å². The van der Waals surface area contributed by atoms with Crippen LogP contribution in [-0.4, -0.2) is 41.2 Å².